The van der Waals surface area contributed by atoms with Crippen molar-refractivity contribution in [2.24, 2.45) is 0 Å². The summed E-state index contributed by atoms with van der Waals surface area (Å²) in [6.07, 6.45) is 3.53. The maximum Gasteiger partial charge on any atom is 0.213 e. The molecule has 1 aliphatic rings. The molecule has 3 rings (SSSR count). The summed E-state index contributed by atoms with van der Waals surface area (Å²) in [4.78, 5) is 4.23. The summed E-state index contributed by atoms with van der Waals surface area (Å²) in [5, 5.41) is 12.1. The predicted molar refractivity (Wildman–Crippen MR) is 87.1 cm³/mol. The van der Waals surface area contributed by atoms with Gasteiger partial charge >= 0.3 is 0 Å². The second-order valence-corrected chi connectivity index (χ2v) is 5.56. The topological polar surface area (TPSA) is 67.2 Å². The lowest BCUT2D eigenvalue weighted by Gasteiger charge is -2.22. The van der Waals surface area contributed by atoms with E-state index in [9.17, 15) is 4.39 Å². The number of anilines is 1. The Morgan fingerprint density at radius 2 is 2.17 bits per heavy atom. The molecule has 0 amide bonds. The highest BCUT2D eigenvalue weighted by Gasteiger charge is 2.16. The first-order valence-corrected chi connectivity index (χ1v) is 7.88. The number of hydrogen-bond donors (Lipinski definition) is 1. The van der Waals surface area contributed by atoms with Crippen molar-refractivity contribution in [3.05, 3.63) is 53.5 Å². The quantitative estimate of drug-likeness (QED) is 0.913. The van der Waals surface area contributed by atoms with Crippen molar-refractivity contribution in [2.75, 3.05) is 18.5 Å². The van der Waals surface area contributed by atoms with Gasteiger partial charge in [-0.2, -0.15) is 5.26 Å². The molecule has 0 bridgehead atoms. The zero-order chi connectivity index (χ0) is 16.8. The van der Waals surface area contributed by atoms with Crippen LogP contribution in [0, 0.1) is 17.1 Å². The summed E-state index contributed by atoms with van der Waals surface area (Å²) in [7, 11) is 0. The first-order valence-electron chi connectivity index (χ1n) is 7.88. The van der Waals surface area contributed by atoms with Crippen LogP contribution in [0.2, 0.25) is 0 Å². The smallest absolute Gasteiger partial charge is 0.213 e. The number of nitrogens with zero attached hydrogens (tertiary/aromatic N) is 2. The summed E-state index contributed by atoms with van der Waals surface area (Å²) < 4.78 is 24.8. The molecule has 24 heavy (non-hydrogen) atoms. The number of aromatic nitrogens is 1. The normalized spacial score (nSPS) is 14.8. The van der Waals surface area contributed by atoms with Gasteiger partial charge in [0, 0.05) is 31.6 Å². The molecule has 5 nitrogen and oxygen atoms in total. The molecular formula is C18H18FN3O2. The fraction of sp³-hybridized carbons (Fsp3) is 0.333. The van der Waals surface area contributed by atoms with E-state index in [1.165, 1.54) is 6.07 Å². The van der Waals surface area contributed by atoms with Gasteiger partial charge in [0.05, 0.1) is 18.9 Å². The van der Waals surface area contributed by atoms with Gasteiger partial charge in [-0.05, 0) is 23.8 Å². The molecule has 124 valence electrons. The molecule has 0 radical (unpaired) electrons. The number of nitrogens with one attached hydrogen (secondary N) is 1. The highest BCUT2D eigenvalue weighted by atomic mass is 19.1. The fourth-order valence-electron chi connectivity index (χ4n) is 2.57. The van der Waals surface area contributed by atoms with Gasteiger partial charge in [-0.1, -0.05) is 6.07 Å². The van der Waals surface area contributed by atoms with Crippen LogP contribution in [-0.2, 0) is 11.3 Å². The molecular weight excluding hydrogens is 309 g/mol. The lowest BCUT2D eigenvalue weighted by atomic mass is 10.1. The van der Waals surface area contributed by atoms with Crippen LogP contribution >= 0.6 is 0 Å². The molecule has 0 aliphatic carbocycles. The molecule has 2 heterocycles. The highest BCUT2D eigenvalue weighted by Crippen LogP contribution is 2.20. The Morgan fingerprint density at radius 1 is 1.33 bits per heavy atom. The second kappa shape index (κ2) is 7.75. The van der Waals surface area contributed by atoms with E-state index in [4.69, 9.17) is 14.7 Å². The van der Waals surface area contributed by atoms with E-state index in [0.29, 0.717) is 31.3 Å². The number of pyridine rings is 1. The average Bonchev–Trinajstić information content (AvgIpc) is 2.61. The Labute approximate surface area is 140 Å². The Bertz CT molecular complexity index is 739. The zero-order valence-corrected chi connectivity index (χ0v) is 13.2. The van der Waals surface area contributed by atoms with E-state index in [2.05, 4.69) is 10.3 Å². The van der Waals surface area contributed by atoms with E-state index >= 15 is 0 Å². The second-order valence-electron chi connectivity index (χ2n) is 5.56. The van der Waals surface area contributed by atoms with Crippen LogP contribution in [0.4, 0.5) is 10.1 Å². The van der Waals surface area contributed by atoms with Crippen molar-refractivity contribution in [2.45, 2.75) is 25.5 Å². The summed E-state index contributed by atoms with van der Waals surface area (Å²) >= 11 is 0. The number of benzene rings is 1. The lowest BCUT2D eigenvalue weighted by Crippen LogP contribution is -2.26. The van der Waals surface area contributed by atoms with E-state index in [-0.39, 0.29) is 11.7 Å². The van der Waals surface area contributed by atoms with Crippen molar-refractivity contribution in [3.63, 3.8) is 0 Å². The molecule has 0 unspecified atom stereocenters. The number of ether oxygens (including phenoxy) is 2. The highest BCUT2D eigenvalue weighted by molar-refractivity contribution is 5.58. The molecule has 1 aliphatic heterocycles. The van der Waals surface area contributed by atoms with Gasteiger partial charge in [-0.15, -0.1) is 0 Å². The molecule has 1 aromatic carbocycles. The predicted octanol–water partition coefficient (Wildman–Crippen LogP) is 3.26. The summed E-state index contributed by atoms with van der Waals surface area (Å²) in [6.45, 7) is 1.87. The minimum absolute atomic E-state index is 0.0187. The number of halogens is 1. The van der Waals surface area contributed by atoms with Gasteiger partial charge in [0.1, 0.15) is 23.6 Å². The molecule has 0 spiro atoms. The van der Waals surface area contributed by atoms with E-state index < -0.39 is 5.82 Å². The Hall–Kier alpha value is -2.65. The maximum absolute atomic E-state index is 13.6. The Balaban J connectivity index is 1.65. The monoisotopic (exact) mass is 327 g/mol. The van der Waals surface area contributed by atoms with Crippen molar-refractivity contribution in [1.82, 2.24) is 4.98 Å². The minimum Gasteiger partial charge on any atom is -0.474 e. The molecule has 1 N–H and O–H groups in total. The van der Waals surface area contributed by atoms with Crippen molar-refractivity contribution < 1.29 is 13.9 Å². The molecule has 0 atom stereocenters. The molecule has 6 heteroatoms. The minimum atomic E-state index is -0.527. The van der Waals surface area contributed by atoms with Gasteiger partial charge in [-0.3, -0.25) is 0 Å². The third kappa shape index (κ3) is 4.00. The van der Waals surface area contributed by atoms with Crippen LogP contribution in [0.15, 0.2) is 36.5 Å². The standard InChI is InChI=1S/C18H18FN3O2/c19-16-2-1-3-17(15(16)11-20)22-12-13-4-7-21-18(10-13)24-14-5-8-23-9-6-14/h1-4,7,10,14,22H,5-6,8-9,12H2. The SMILES string of the molecule is N#Cc1c(F)cccc1NCc1ccnc(OC2CCOCC2)c1. The van der Waals surface area contributed by atoms with Crippen LogP contribution in [0.5, 0.6) is 5.88 Å². The molecule has 1 fully saturated rings. The van der Waals surface area contributed by atoms with E-state index in [0.717, 1.165) is 18.4 Å². The van der Waals surface area contributed by atoms with Gasteiger partial charge in [-0.25, -0.2) is 9.37 Å². The average molecular weight is 327 g/mol. The largest absolute Gasteiger partial charge is 0.474 e. The molecule has 1 aromatic heterocycles. The van der Waals surface area contributed by atoms with Crippen LogP contribution < -0.4 is 10.1 Å². The number of rotatable bonds is 5. The van der Waals surface area contributed by atoms with Crippen LogP contribution in [0.3, 0.4) is 0 Å². The van der Waals surface area contributed by atoms with Gasteiger partial charge in [0.25, 0.3) is 0 Å². The van der Waals surface area contributed by atoms with Crippen LogP contribution in [0.25, 0.3) is 0 Å². The van der Waals surface area contributed by atoms with Gasteiger partial charge in [0.2, 0.25) is 5.88 Å². The Kier molecular flexibility index (Phi) is 5.24. The number of nitriles is 1. The number of hydrogen-bond acceptors (Lipinski definition) is 5. The lowest BCUT2D eigenvalue weighted by molar-refractivity contribution is 0.0237. The molecule has 2 aromatic rings. The fourth-order valence-corrected chi connectivity index (χ4v) is 2.57. The van der Waals surface area contributed by atoms with Crippen LogP contribution in [0.1, 0.15) is 24.0 Å². The van der Waals surface area contributed by atoms with Crippen molar-refractivity contribution in [3.8, 4) is 11.9 Å². The van der Waals surface area contributed by atoms with Crippen molar-refractivity contribution in [1.29, 1.82) is 5.26 Å². The van der Waals surface area contributed by atoms with E-state index in [1.807, 2.05) is 18.2 Å². The Morgan fingerprint density at radius 3 is 2.96 bits per heavy atom. The summed E-state index contributed by atoms with van der Waals surface area (Å²) in [6, 6.07) is 10.1. The molecule has 1 saturated heterocycles. The zero-order valence-electron chi connectivity index (χ0n) is 13.2. The van der Waals surface area contributed by atoms with E-state index in [1.54, 1.807) is 18.3 Å². The van der Waals surface area contributed by atoms with Gasteiger partial charge in [0.15, 0.2) is 0 Å². The summed E-state index contributed by atoms with van der Waals surface area (Å²) in [5.74, 6) is 0.0433. The first-order chi connectivity index (χ1) is 11.8. The summed E-state index contributed by atoms with van der Waals surface area (Å²) in [5.41, 5.74) is 1.44. The molecule has 0 saturated carbocycles. The third-order valence-electron chi connectivity index (χ3n) is 3.86. The van der Waals surface area contributed by atoms with Crippen molar-refractivity contribution >= 4 is 5.69 Å². The maximum atomic E-state index is 13.6. The first kappa shape index (κ1) is 16.2. The third-order valence-corrected chi connectivity index (χ3v) is 3.86. The van der Waals surface area contributed by atoms with Gasteiger partial charge < -0.3 is 14.8 Å². The van der Waals surface area contributed by atoms with Crippen LogP contribution in [-0.4, -0.2) is 24.3 Å².